The maximum Gasteiger partial charge on any atom is 0.0847 e. The highest BCUT2D eigenvalue weighted by atomic mass is 35.5. The van der Waals surface area contributed by atoms with Crippen LogP contribution in [-0.2, 0) is 6.54 Å². The van der Waals surface area contributed by atoms with E-state index in [0.29, 0.717) is 0 Å². The maximum absolute atomic E-state index is 6.12. The number of hydrogen-bond acceptors (Lipinski definition) is 4. The molecule has 17 heavy (non-hydrogen) atoms. The van der Waals surface area contributed by atoms with E-state index in [9.17, 15) is 0 Å². The summed E-state index contributed by atoms with van der Waals surface area (Å²) in [6.07, 6.45) is 4.89. The standard InChI is InChI=1S/C11H15ClN4S/c1-2-4-16-7-8(6-14-16)10(15-13)11-9(12)3-5-17-11/h3,5-7,10,15H,2,4,13H2,1H3. The Morgan fingerprint density at radius 1 is 1.65 bits per heavy atom. The summed E-state index contributed by atoms with van der Waals surface area (Å²) in [5.41, 5.74) is 3.82. The highest BCUT2D eigenvalue weighted by Crippen LogP contribution is 2.32. The number of aryl methyl sites for hydroxylation is 1. The molecule has 92 valence electrons. The molecular weight excluding hydrogens is 256 g/mol. The third kappa shape index (κ3) is 2.69. The van der Waals surface area contributed by atoms with Crippen LogP contribution in [0.15, 0.2) is 23.8 Å². The molecule has 0 spiro atoms. The van der Waals surface area contributed by atoms with Crippen LogP contribution < -0.4 is 11.3 Å². The molecular formula is C11H15ClN4S. The smallest absolute Gasteiger partial charge is 0.0847 e. The molecule has 3 N–H and O–H groups in total. The van der Waals surface area contributed by atoms with Gasteiger partial charge in [0.25, 0.3) is 0 Å². The summed E-state index contributed by atoms with van der Waals surface area (Å²) in [5, 5.41) is 6.99. The van der Waals surface area contributed by atoms with Gasteiger partial charge >= 0.3 is 0 Å². The van der Waals surface area contributed by atoms with Crippen LogP contribution in [0.25, 0.3) is 0 Å². The molecule has 0 saturated carbocycles. The number of nitrogens with zero attached hydrogens (tertiary/aromatic N) is 2. The first-order valence-corrected chi connectivity index (χ1v) is 6.73. The van der Waals surface area contributed by atoms with Crippen molar-refractivity contribution in [2.24, 2.45) is 5.84 Å². The Labute approximate surface area is 109 Å². The SMILES string of the molecule is CCCn1cc(C(NN)c2sccc2Cl)cn1. The Kier molecular flexibility index (Phi) is 4.17. The van der Waals surface area contributed by atoms with Gasteiger partial charge in [-0.15, -0.1) is 11.3 Å². The van der Waals surface area contributed by atoms with Gasteiger partial charge in [-0.25, -0.2) is 5.43 Å². The molecule has 1 unspecified atom stereocenters. The van der Waals surface area contributed by atoms with E-state index in [-0.39, 0.29) is 6.04 Å². The molecule has 4 nitrogen and oxygen atoms in total. The van der Waals surface area contributed by atoms with Gasteiger partial charge in [0.1, 0.15) is 0 Å². The summed E-state index contributed by atoms with van der Waals surface area (Å²) in [4.78, 5) is 1.02. The highest BCUT2D eigenvalue weighted by Gasteiger charge is 2.18. The molecule has 0 fully saturated rings. The quantitative estimate of drug-likeness (QED) is 0.649. The predicted octanol–water partition coefficient (Wildman–Crippen LogP) is 2.56. The summed E-state index contributed by atoms with van der Waals surface area (Å²) >= 11 is 7.71. The minimum absolute atomic E-state index is 0.0897. The fraction of sp³-hybridized carbons (Fsp3) is 0.364. The van der Waals surface area contributed by atoms with E-state index >= 15 is 0 Å². The van der Waals surface area contributed by atoms with E-state index in [4.69, 9.17) is 17.4 Å². The molecule has 0 aromatic carbocycles. The minimum Gasteiger partial charge on any atom is -0.272 e. The van der Waals surface area contributed by atoms with Gasteiger partial charge in [-0.2, -0.15) is 5.10 Å². The fourth-order valence-corrected chi connectivity index (χ4v) is 2.97. The van der Waals surface area contributed by atoms with Crippen LogP contribution in [0.4, 0.5) is 0 Å². The Hall–Kier alpha value is -0.880. The zero-order chi connectivity index (χ0) is 12.3. The van der Waals surface area contributed by atoms with Crippen LogP contribution in [-0.4, -0.2) is 9.78 Å². The molecule has 0 amide bonds. The van der Waals surface area contributed by atoms with Gasteiger partial charge in [0.2, 0.25) is 0 Å². The van der Waals surface area contributed by atoms with Crippen LogP contribution in [0.3, 0.4) is 0 Å². The van der Waals surface area contributed by atoms with Gasteiger partial charge in [0, 0.05) is 23.2 Å². The maximum atomic E-state index is 6.12. The van der Waals surface area contributed by atoms with Crippen molar-refractivity contribution in [2.75, 3.05) is 0 Å². The lowest BCUT2D eigenvalue weighted by Gasteiger charge is -2.12. The van der Waals surface area contributed by atoms with Crippen molar-refractivity contribution in [2.45, 2.75) is 25.9 Å². The second kappa shape index (κ2) is 5.64. The van der Waals surface area contributed by atoms with Crippen LogP contribution in [0.2, 0.25) is 5.02 Å². The lowest BCUT2D eigenvalue weighted by atomic mass is 10.1. The van der Waals surface area contributed by atoms with Gasteiger partial charge in [0.05, 0.1) is 17.3 Å². The molecule has 6 heteroatoms. The third-order valence-electron chi connectivity index (χ3n) is 2.51. The van der Waals surface area contributed by atoms with Crippen molar-refractivity contribution in [1.29, 1.82) is 0 Å². The first-order chi connectivity index (χ1) is 8.26. The number of rotatable bonds is 5. The van der Waals surface area contributed by atoms with Crippen LogP contribution in [0.5, 0.6) is 0 Å². The molecule has 0 saturated heterocycles. The van der Waals surface area contributed by atoms with Crippen molar-refractivity contribution in [3.05, 3.63) is 39.3 Å². The van der Waals surface area contributed by atoms with Crippen molar-refractivity contribution in [1.82, 2.24) is 15.2 Å². The molecule has 0 bridgehead atoms. The molecule has 0 aliphatic carbocycles. The first-order valence-electron chi connectivity index (χ1n) is 5.47. The number of nitrogens with one attached hydrogen (secondary N) is 1. The van der Waals surface area contributed by atoms with E-state index < -0.39 is 0 Å². The molecule has 0 radical (unpaired) electrons. The van der Waals surface area contributed by atoms with Crippen molar-refractivity contribution < 1.29 is 0 Å². The Bertz CT molecular complexity index is 479. The average molecular weight is 271 g/mol. The number of nitrogens with two attached hydrogens (primary N) is 1. The number of thiophene rings is 1. The highest BCUT2D eigenvalue weighted by molar-refractivity contribution is 7.10. The van der Waals surface area contributed by atoms with E-state index in [0.717, 1.165) is 28.4 Å². The Morgan fingerprint density at radius 3 is 3.06 bits per heavy atom. The van der Waals surface area contributed by atoms with Gasteiger partial charge in [-0.3, -0.25) is 10.5 Å². The van der Waals surface area contributed by atoms with Crippen LogP contribution in [0, 0.1) is 0 Å². The largest absolute Gasteiger partial charge is 0.272 e. The monoisotopic (exact) mass is 270 g/mol. The van der Waals surface area contributed by atoms with Gasteiger partial charge in [-0.1, -0.05) is 18.5 Å². The molecule has 2 heterocycles. The summed E-state index contributed by atoms with van der Waals surface area (Å²) in [7, 11) is 0. The van der Waals surface area contributed by atoms with E-state index in [2.05, 4.69) is 17.4 Å². The lowest BCUT2D eigenvalue weighted by molar-refractivity contribution is 0.598. The summed E-state index contributed by atoms with van der Waals surface area (Å²) in [6, 6.07) is 1.79. The second-order valence-electron chi connectivity index (χ2n) is 3.77. The number of aromatic nitrogens is 2. The van der Waals surface area contributed by atoms with Crippen LogP contribution >= 0.6 is 22.9 Å². The normalized spacial score (nSPS) is 12.9. The van der Waals surface area contributed by atoms with Crippen LogP contribution in [0.1, 0.15) is 29.8 Å². The summed E-state index contributed by atoms with van der Waals surface area (Å²) in [5.74, 6) is 5.61. The molecule has 0 aliphatic rings. The van der Waals surface area contributed by atoms with E-state index in [1.165, 1.54) is 0 Å². The molecule has 2 aromatic rings. The third-order valence-corrected chi connectivity index (χ3v) is 3.94. The lowest BCUT2D eigenvalue weighted by Crippen LogP contribution is -2.28. The Balaban J connectivity index is 2.26. The molecule has 0 aliphatic heterocycles. The van der Waals surface area contributed by atoms with E-state index in [1.54, 1.807) is 11.3 Å². The second-order valence-corrected chi connectivity index (χ2v) is 5.12. The van der Waals surface area contributed by atoms with Crippen molar-refractivity contribution in [3.63, 3.8) is 0 Å². The summed E-state index contributed by atoms with van der Waals surface area (Å²) < 4.78 is 1.92. The average Bonchev–Trinajstić information content (AvgIpc) is 2.92. The number of hydrazine groups is 1. The topological polar surface area (TPSA) is 55.9 Å². The summed E-state index contributed by atoms with van der Waals surface area (Å²) in [6.45, 7) is 3.03. The number of hydrogen-bond donors (Lipinski definition) is 2. The van der Waals surface area contributed by atoms with Gasteiger partial charge in [-0.05, 0) is 17.9 Å². The van der Waals surface area contributed by atoms with Crippen molar-refractivity contribution >= 4 is 22.9 Å². The fourth-order valence-electron chi connectivity index (χ4n) is 1.71. The number of halogens is 1. The minimum atomic E-state index is -0.0897. The van der Waals surface area contributed by atoms with Gasteiger partial charge < -0.3 is 0 Å². The molecule has 2 aromatic heterocycles. The predicted molar refractivity (Wildman–Crippen MR) is 71.0 cm³/mol. The zero-order valence-corrected chi connectivity index (χ0v) is 11.1. The molecule has 1 atom stereocenters. The van der Waals surface area contributed by atoms with Crippen molar-refractivity contribution in [3.8, 4) is 0 Å². The Morgan fingerprint density at radius 2 is 2.47 bits per heavy atom. The molecule has 2 rings (SSSR count). The van der Waals surface area contributed by atoms with Gasteiger partial charge in [0.15, 0.2) is 0 Å². The van der Waals surface area contributed by atoms with E-state index in [1.807, 2.05) is 28.5 Å². The zero-order valence-electron chi connectivity index (χ0n) is 9.56. The first kappa shape index (κ1) is 12.6.